The van der Waals surface area contributed by atoms with Crippen LogP contribution in [0.2, 0.25) is 0 Å². The minimum atomic E-state index is -1.01. The number of benzene rings is 2. The van der Waals surface area contributed by atoms with E-state index in [1.165, 1.54) is 44.1 Å². The molecular weight excluding hydrogens is 710 g/mol. The van der Waals surface area contributed by atoms with Gasteiger partial charge in [0, 0.05) is 18.7 Å². The highest BCUT2D eigenvalue weighted by Crippen LogP contribution is 2.32. The van der Waals surface area contributed by atoms with Gasteiger partial charge in [0.25, 0.3) is 11.8 Å². The molecule has 4 rings (SSSR count). The lowest BCUT2D eigenvalue weighted by Crippen LogP contribution is -2.54. The summed E-state index contributed by atoms with van der Waals surface area (Å²) < 4.78 is 39.1. The van der Waals surface area contributed by atoms with Crippen LogP contribution in [0.5, 0.6) is 5.75 Å². The molecule has 14 heteroatoms. The number of hydrogen-bond donors (Lipinski definition) is 2. The average Bonchev–Trinajstić information content (AvgIpc) is 3.44. The number of amides is 4. The van der Waals surface area contributed by atoms with Crippen molar-refractivity contribution >= 4 is 29.3 Å². The Hall–Kier alpha value is -3.92. The minimum Gasteiger partial charge on any atom is -0.491 e. The number of carbonyl (C=O) groups excluding carboxylic acids is 4. The van der Waals surface area contributed by atoms with Crippen molar-refractivity contribution in [3.8, 4) is 5.75 Å². The molecule has 55 heavy (non-hydrogen) atoms. The number of ether oxygens (including phenoxy) is 7. The van der Waals surface area contributed by atoms with E-state index in [1.807, 2.05) is 12.1 Å². The zero-order valence-corrected chi connectivity index (χ0v) is 32.3. The van der Waals surface area contributed by atoms with E-state index in [2.05, 4.69) is 29.7 Å². The molecule has 1 saturated heterocycles. The first-order chi connectivity index (χ1) is 27.0. The Balaban J connectivity index is 0.883. The third-order valence-corrected chi connectivity index (χ3v) is 9.13. The maximum absolute atomic E-state index is 13.2. The summed E-state index contributed by atoms with van der Waals surface area (Å²) in [5, 5.41) is 5.34. The predicted molar refractivity (Wildman–Crippen MR) is 206 cm³/mol. The molecule has 2 heterocycles. The van der Waals surface area contributed by atoms with Gasteiger partial charge in [-0.25, -0.2) is 0 Å². The molecule has 0 spiro atoms. The second-order valence-electron chi connectivity index (χ2n) is 13.3. The number of nitrogens with zero attached hydrogens (tertiary/aromatic N) is 1. The summed E-state index contributed by atoms with van der Waals surface area (Å²) in [6.07, 6.45) is 9.18. The number of nitrogens with one attached hydrogen (secondary N) is 2. The van der Waals surface area contributed by atoms with E-state index in [-0.39, 0.29) is 24.0 Å². The third-order valence-electron chi connectivity index (χ3n) is 9.13. The first-order valence-corrected chi connectivity index (χ1v) is 19.8. The number of fused-ring (bicyclic) bond motifs is 1. The summed E-state index contributed by atoms with van der Waals surface area (Å²) in [7, 11) is 0. The highest BCUT2D eigenvalue weighted by atomic mass is 16.6. The summed E-state index contributed by atoms with van der Waals surface area (Å²) in [4.78, 5) is 50.9. The van der Waals surface area contributed by atoms with Crippen molar-refractivity contribution in [3.05, 3.63) is 59.2 Å². The Labute approximate surface area is 324 Å². The van der Waals surface area contributed by atoms with Gasteiger partial charge >= 0.3 is 0 Å². The van der Waals surface area contributed by atoms with Crippen molar-refractivity contribution in [2.75, 3.05) is 97.8 Å². The first-order valence-electron chi connectivity index (χ1n) is 19.8. The largest absolute Gasteiger partial charge is 0.491 e. The fraction of sp³-hybridized carbons (Fsp3) is 0.610. The van der Waals surface area contributed by atoms with Crippen LogP contribution >= 0.6 is 0 Å². The number of carbonyl (C=O) groups is 4. The molecule has 1 atom stereocenters. The molecule has 1 unspecified atom stereocenters. The van der Waals surface area contributed by atoms with Crippen LogP contribution in [0.4, 0.5) is 5.69 Å². The number of aryl methyl sites for hydroxylation is 1. The van der Waals surface area contributed by atoms with Gasteiger partial charge in [-0.2, -0.15) is 0 Å². The van der Waals surface area contributed by atoms with Gasteiger partial charge in [-0.3, -0.25) is 29.4 Å². The number of rotatable bonds is 31. The lowest BCUT2D eigenvalue weighted by atomic mass is 10.0. The molecule has 2 N–H and O–H groups in total. The first kappa shape index (κ1) is 43.8. The van der Waals surface area contributed by atoms with Gasteiger partial charge in [0.1, 0.15) is 18.4 Å². The quantitative estimate of drug-likeness (QED) is 0.0814. The van der Waals surface area contributed by atoms with Crippen molar-refractivity contribution in [2.45, 2.75) is 70.8 Å². The molecule has 2 aliphatic rings. The van der Waals surface area contributed by atoms with Gasteiger partial charge < -0.3 is 38.5 Å². The molecule has 0 aromatic heterocycles. The molecule has 0 saturated carbocycles. The lowest BCUT2D eigenvalue weighted by molar-refractivity contribution is -0.136. The summed E-state index contributed by atoms with van der Waals surface area (Å²) >= 11 is 0. The number of unbranched alkanes of at least 4 members (excludes halogenated alkanes) is 5. The molecule has 0 bridgehead atoms. The van der Waals surface area contributed by atoms with Crippen LogP contribution in [0.1, 0.15) is 84.6 Å². The highest BCUT2D eigenvalue weighted by Gasteiger charge is 2.45. The Morgan fingerprint density at radius 1 is 0.655 bits per heavy atom. The van der Waals surface area contributed by atoms with Crippen molar-refractivity contribution in [2.24, 2.45) is 0 Å². The SMILES string of the molecule is CCCCCCCCc1ccc(OCCOCCOCCOCCOCCOCCOCCNc2cccc3c2C(=O)N(C2CCC(=O)NC2=O)C3=O)cc1. The zero-order chi connectivity index (χ0) is 38.9. The second kappa shape index (κ2) is 26.0. The van der Waals surface area contributed by atoms with Crippen LogP contribution in [-0.4, -0.2) is 127 Å². The summed E-state index contributed by atoms with van der Waals surface area (Å²) in [6, 6.07) is 12.3. The topological polar surface area (TPSA) is 160 Å². The monoisotopic (exact) mass is 769 g/mol. The Kier molecular flexibility index (Phi) is 20.7. The zero-order valence-electron chi connectivity index (χ0n) is 32.3. The van der Waals surface area contributed by atoms with Crippen molar-refractivity contribution in [1.29, 1.82) is 0 Å². The summed E-state index contributed by atoms with van der Waals surface area (Å²) in [5.74, 6) is -1.28. The fourth-order valence-corrected chi connectivity index (χ4v) is 6.20. The molecule has 0 aliphatic carbocycles. The Morgan fingerprint density at radius 2 is 1.22 bits per heavy atom. The van der Waals surface area contributed by atoms with E-state index < -0.39 is 29.7 Å². The number of anilines is 1. The molecule has 2 aromatic rings. The van der Waals surface area contributed by atoms with Crippen LogP contribution in [-0.2, 0) is 44.4 Å². The summed E-state index contributed by atoms with van der Waals surface area (Å²) in [6.45, 7) is 8.52. The van der Waals surface area contributed by atoms with E-state index in [1.54, 1.807) is 18.2 Å². The van der Waals surface area contributed by atoms with Crippen molar-refractivity contribution < 1.29 is 52.3 Å². The lowest BCUT2D eigenvalue weighted by Gasteiger charge is -2.27. The van der Waals surface area contributed by atoms with Gasteiger partial charge in [-0.05, 0) is 49.1 Å². The van der Waals surface area contributed by atoms with Gasteiger partial charge in [-0.1, -0.05) is 57.2 Å². The molecule has 4 amide bonds. The number of piperidine rings is 1. The molecule has 14 nitrogen and oxygen atoms in total. The van der Waals surface area contributed by atoms with Gasteiger partial charge in [-0.15, -0.1) is 0 Å². The van der Waals surface area contributed by atoms with E-state index in [9.17, 15) is 19.2 Å². The predicted octanol–water partition coefficient (Wildman–Crippen LogP) is 4.58. The van der Waals surface area contributed by atoms with Crippen LogP contribution in [0, 0.1) is 0 Å². The van der Waals surface area contributed by atoms with Crippen LogP contribution < -0.4 is 15.4 Å². The van der Waals surface area contributed by atoms with Gasteiger partial charge in [0.05, 0.1) is 90.4 Å². The fourth-order valence-electron chi connectivity index (χ4n) is 6.20. The number of imide groups is 2. The second-order valence-corrected chi connectivity index (χ2v) is 13.3. The highest BCUT2D eigenvalue weighted by molar-refractivity contribution is 6.25. The Bertz CT molecular complexity index is 1460. The molecule has 0 radical (unpaired) electrons. The van der Waals surface area contributed by atoms with Crippen LogP contribution in [0.3, 0.4) is 0 Å². The third kappa shape index (κ3) is 15.6. The molecule has 1 fully saturated rings. The molecule has 304 valence electrons. The Morgan fingerprint density at radius 3 is 1.82 bits per heavy atom. The number of hydrogen-bond acceptors (Lipinski definition) is 12. The smallest absolute Gasteiger partial charge is 0.264 e. The van der Waals surface area contributed by atoms with Crippen LogP contribution in [0.25, 0.3) is 0 Å². The molecule has 2 aliphatic heterocycles. The average molecular weight is 770 g/mol. The summed E-state index contributed by atoms with van der Waals surface area (Å²) in [5.41, 5.74) is 2.29. The maximum atomic E-state index is 13.2. The molecular formula is C41H59N3O11. The van der Waals surface area contributed by atoms with Crippen LogP contribution in [0.15, 0.2) is 42.5 Å². The van der Waals surface area contributed by atoms with Gasteiger partial charge in [0.2, 0.25) is 11.8 Å². The molecule has 2 aromatic carbocycles. The normalized spacial score (nSPS) is 15.4. The van der Waals surface area contributed by atoms with E-state index in [0.29, 0.717) is 98.1 Å². The van der Waals surface area contributed by atoms with E-state index in [0.717, 1.165) is 17.1 Å². The minimum absolute atomic E-state index is 0.0695. The van der Waals surface area contributed by atoms with Gasteiger partial charge in [0.15, 0.2) is 0 Å². The maximum Gasteiger partial charge on any atom is 0.264 e. The van der Waals surface area contributed by atoms with Crippen molar-refractivity contribution in [3.63, 3.8) is 0 Å². The van der Waals surface area contributed by atoms with Crippen molar-refractivity contribution in [1.82, 2.24) is 10.2 Å². The standard InChI is InChI=1S/C41H59N3O11/c1-2-3-4-5-6-7-9-32-12-14-33(15-13-32)55-31-30-54-29-28-53-27-26-52-25-24-51-23-22-50-21-20-49-19-18-42-35-11-8-10-34-38(35)41(48)44(40(34)47)36-16-17-37(45)43-39(36)46/h8,10-15,36,42H,2-7,9,16-31H2,1H3,(H,43,45,46). The van der Waals surface area contributed by atoms with E-state index >= 15 is 0 Å². The van der Waals surface area contributed by atoms with E-state index in [4.69, 9.17) is 33.2 Å².